The van der Waals surface area contributed by atoms with E-state index in [1.165, 1.54) is 0 Å². The summed E-state index contributed by atoms with van der Waals surface area (Å²) in [5, 5.41) is 18.0. The molecule has 1 saturated heterocycles. The van der Waals surface area contributed by atoms with Crippen molar-refractivity contribution in [2.24, 2.45) is 11.5 Å². The van der Waals surface area contributed by atoms with Crippen LogP contribution in [0.4, 0.5) is 0 Å². The molecule has 1 heterocycles. The highest BCUT2D eigenvalue weighted by Crippen LogP contribution is 2.09. The summed E-state index contributed by atoms with van der Waals surface area (Å²) in [6.45, 7) is 0.0516. The molecule has 4 atom stereocenters. The number of ether oxygens (including phenoxy) is 1. The lowest BCUT2D eigenvalue weighted by Gasteiger charge is -2.33. The smallest absolute Gasteiger partial charge is 0.171 e. The molecule has 0 bridgehead atoms. The zero-order valence-corrected chi connectivity index (χ0v) is 5.47. The van der Waals surface area contributed by atoms with Gasteiger partial charge in [-0.25, -0.2) is 0 Å². The van der Waals surface area contributed by atoms with Gasteiger partial charge in [0.1, 0.15) is 0 Å². The molecule has 0 aromatic heterocycles. The molecule has 0 aromatic rings. The minimum absolute atomic E-state index is 0.0516. The van der Waals surface area contributed by atoms with E-state index in [9.17, 15) is 0 Å². The zero-order valence-electron chi connectivity index (χ0n) is 5.47. The van der Waals surface area contributed by atoms with Crippen molar-refractivity contribution in [3.8, 4) is 0 Å². The van der Waals surface area contributed by atoms with Crippen LogP contribution in [0.2, 0.25) is 0 Å². The minimum Gasteiger partial charge on any atom is -0.389 e. The zero-order chi connectivity index (χ0) is 7.72. The first-order valence-corrected chi connectivity index (χ1v) is 3.12. The Morgan fingerprint density at radius 2 is 1.80 bits per heavy atom. The fourth-order valence-corrected chi connectivity index (χ4v) is 0.866. The molecule has 1 rings (SSSR count). The van der Waals surface area contributed by atoms with E-state index in [1.807, 2.05) is 0 Å². The predicted molar refractivity (Wildman–Crippen MR) is 33.9 cm³/mol. The highest BCUT2D eigenvalue weighted by atomic mass is 16.6. The van der Waals surface area contributed by atoms with E-state index in [4.69, 9.17) is 21.7 Å². The van der Waals surface area contributed by atoms with Gasteiger partial charge in [0.15, 0.2) is 6.29 Å². The first kappa shape index (κ1) is 7.90. The third-order valence-corrected chi connectivity index (χ3v) is 1.66. The first-order chi connectivity index (χ1) is 4.63. The van der Waals surface area contributed by atoms with Gasteiger partial charge in [-0.2, -0.15) is 0 Å². The topological polar surface area (TPSA) is 102 Å². The van der Waals surface area contributed by atoms with Gasteiger partial charge in [0.05, 0.1) is 24.8 Å². The van der Waals surface area contributed by atoms with Crippen LogP contribution in [0.1, 0.15) is 0 Å². The van der Waals surface area contributed by atoms with Crippen molar-refractivity contribution in [3.05, 3.63) is 0 Å². The van der Waals surface area contributed by atoms with Gasteiger partial charge >= 0.3 is 0 Å². The Hall–Kier alpha value is -0.200. The molecule has 0 saturated carbocycles. The van der Waals surface area contributed by atoms with Crippen LogP contribution >= 0.6 is 0 Å². The Morgan fingerprint density at radius 1 is 1.20 bits per heavy atom. The van der Waals surface area contributed by atoms with Gasteiger partial charge in [0.2, 0.25) is 0 Å². The largest absolute Gasteiger partial charge is 0.389 e. The monoisotopic (exact) mass is 148 g/mol. The molecule has 0 aliphatic carbocycles. The third kappa shape index (κ3) is 1.28. The standard InChI is InChI=1S/C5H12N2O3/c6-3-2(8)1-10-5(9)4(3)7/h2-5,8-9H,1,6-7H2/t2-,3+,4-,5-/m0/s1. The summed E-state index contributed by atoms with van der Waals surface area (Å²) in [6, 6.07) is -1.28. The van der Waals surface area contributed by atoms with Crippen molar-refractivity contribution in [1.29, 1.82) is 0 Å². The maximum atomic E-state index is 9.02. The highest BCUT2D eigenvalue weighted by Gasteiger charge is 2.33. The second-order valence-electron chi connectivity index (χ2n) is 2.45. The molecule has 10 heavy (non-hydrogen) atoms. The molecule has 1 aliphatic heterocycles. The van der Waals surface area contributed by atoms with E-state index in [0.717, 1.165) is 0 Å². The van der Waals surface area contributed by atoms with Gasteiger partial charge in [-0.3, -0.25) is 0 Å². The lowest BCUT2D eigenvalue weighted by atomic mass is 10.0. The van der Waals surface area contributed by atoms with Crippen molar-refractivity contribution in [1.82, 2.24) is 0 Å². The number of aliphatic hydroxyl groups is 2. The summed E-state index contributed by atoms with van der Waals surface area (Å²) in [5.41, 5.74) is 10.7. The lowest BCUT2D eigenvalue weighted by molar-refractivity contribution is -0.173. The van der Waals surface area contributed by atoms with Gasteiger partial charge in [0.25, 0.3) is 0 Å². The van der Waals surface area contributed by atoms with E-state index in [0.29, 0.717) is 0 Å². The van der Waals surface area contributed by atoms with E-state index >= 15 is 0 Å². The average Bonchev–Trinajstić information content (AvgIpc) is 1.93. The van der Waals surface area contributed by atoms with Gasteiger partial charge in [-0.05, 0) is 0 Å². The summed E-state index contributed by atoms with van der Waals surface area (Å²) in [7, 11) is 0. The van der Waals surface area contributed by atoms with Crippen LogP contribution in [0.25, 0.3) is 0 Å². The number of nitrogens with two attached hydrogens (primary N) is 2. The van der Waals surface area contributed by atoms with E-state index < -0.39 is 24.5 Å². The number of aliphatic hydroxyl groups excluding tert-OH is 2. The van der Waals surface area contributed by atoms with Crippen molar-refractivity contribution in [2.75, 3.05) is 6.61 Å². The van der Waals surface area contributed by atoms with Crippen LogP contribution in [-0.4, -0.2) is 41.3 Å². The molecule has 1 fully saturated rings. The highest BCUT2D eigenvalue weighted by molar-refractivity contribution is 4.88. The van der Waals surface area contributed by atoms with Crippen LogP contribution in [0.5, 0.6) is 0 Å². The summed E-state index contributed by atoms with van der Waals surface area (Å²) in [4.78, 5) is 0. The van der Waals surface area contributed by atoms with Crippen LogP contribution in [0.3, 0.4) is 0 Å². The Balaban J connectivity index is 2.52. The molecule has 6 N–H and O–H groups in total. The normalized spacial score (nSPS) is 49.2. The van der Waals surface area contributed by atoms with Crippen molar-refractivity contribution >= 4 is 0 Å². The van der Waals surface area contributed by atoms with Gasteiger partial charge in [-0.15, -0.1) is 0 Å². The lowest BCUT2D eigenvalue weighted by Crippen LogP contribution is -2.61. The fourth-order valence-electron chi connectivity index (χ4n) is 0.866. The molecule has 0 unspecified atom stereocenters. The second kappa shape index (κ2) is 2.81. The van der Waals surface area contributed by atoms with E-state index in [2.05, 4.69) is 4.74 Å². The number of hydrogen-bond donors (Lipinski definition) is 4. The van der Waals surface area contributed by atoms with Crippen LogP contribution in [-0.2, 0) is 4.74 Å². The Labute approximate surface area is 58.6 Å². The average molecular weight is 148 g/mol. The summed E-state index contributed by atoms with van der Waals surface area (Å²) >= 11 is 0. The van der Waals surface area contributed by atoms with Gasteiger partial charge in [-0.1, -0.05) is 0 Å². The van der Waals surface area contributed by atoms with E-state index in [-0.39, 0.29) is 6.61 Å². The number of rotatable bonds is 0. The van der Waals surface area contributed by atoms with Crippen LogP contribution in [0, 0.1) is 0 Å². The van der Waals surface area contributed by atoms with Crippen LogP contribution < -0.4 is 11.5 Å². The molecule has 5 nitrogen and oxygen atoms in total. The Morgan fingerprint density at radius 3 is 2.30 bits per heavy atom. The molecule has 0 aromatic carbocycles. The molecule has 60 valence electrons. The van der Waals surface area contributed by atoms with Gasteiger partial charge in [0, 0.05) is 0 Å². The van der Waals surface area contributed by atoms with Crippen molar-refractivity contribution in [2.45, 2.75) is 24.5 Å². The molecule has 0 amide bonds. The molecule has 1 aliphatic rings. The first-order valence-electron chi connectivity index (χ1n) is 3.12. The Kier molecular flexibility index (Phi) is 2.22. The quantitative estimate of drug-likeness (QED) is 0.300. The van der Waals surface area contributed by atoms with E-state index in [1.54, 1.807) is 0 Å². The molecule has 5 heteroatoms. The number of hydrogen-bond acceptors (Lipinski definition) is 5. The summed E-state index contributed by atoms with van der Waals surface area (Å²) in [5.74, 6) is 0. The molecule has 0 radical (unpaired) electrons. The molecular formula is C5H12N2O3. The molecule has 0 spiro atoms. The second-order valence-corrected chi connectivity index (χ2v) is 2.45. The minimum atomic E-state index is -1.04. The predicted octanol–water partition coefficient (Wildman–Crippen LogP) is -2.65. The molecular weight excluding hydrogens is 136 g/mol. The summed E-state index contributed by atoms with van der Waals surface area (Å²) < 4.78 is 4.67. The summed E-state index contributed by atoms with van der Waals surface area (Å²) in [6.07, 6.45) is -1.81. The van der Waals surface area contributed by atoms with Crippen molar-refractivity contribution in [3.63, 3.8) is 0 Å². The van der Waals surface area contributed by atoms with Gasteiger partial charge < -0.3 is 26.4 Å². The van der Waals surface area contributed by atoms with Crippen molar-refractivity contribution < 1.29 is 14.9 Å². The maximum absolute atomic E-state index is 9.02. The SMILES string of the molecule is N[C@H]1[C@H](N)[C@@H](O)OC[C@@H]1O. The van der Waals surface area contributed by atoms with Crippen LogP contribution in [0.15, 0.2) is 0 Å². The third-order valence-electron chi connectivity index (χ3n) is 1.66. The Bertz CT molecular complexity index is 107. The fraction of sp³-hybridized carbons (Fsp3) is 1.00. The maximum Gasteiger partial charge on any atom is 0.171 e.